The van der Waals surface area contributed by atoms with E-state index in [1.807, 2.05) is 6.07 Å². The smallest absolute Gasteiger partial charge is 0.252 e. The number of hydrogen-bond donors (Lipinski definition) is 2. The molecular formula is C14H20N2O. The number of nitrogens with two attached hydrogens (primary N) is 1. The predicted molar refractivity (Wildman–Crippen MR) is 67.9 cm³/mol. The number of rotatable bonds is 1. The molecule has 1 aromatic heterocycles. The Kier molecular flexibility index (Phi) is 2.58. The maximum atomic E-state index is 11.7. The minimum absolute atomic E-state index is 0.00798. The zero-order chi connectivity index (χ0) is 11.9. The molecule has 3 heteroatoms. The Morgan fingerprint density at radius 2 is 2.06 bits per heavy atom. The number of H-pyrrole nitrogens is 1. The van der Waals surface area contributed by atoms with Crippen molar-refractivity contribution in [3.8, 4) is 0 Å². The van der Waals surface area contributed by atoms with Crippen LogP contribution in [0.2, 0.25) is 0 Å². The average molecular weight is 232 g/mol. The van der Waals surface area contributed by atoms with Crippen molar-refractivity contribution < 1.29 is 0 Å². The van der Waals surface area contributed by atoms with Gasteiger partial charge in [0, 0.05) is 17.8 Å². The van der Waals surface area contributed by atoms with E-state index in [1.165, 1.54) is 37.7 Å². The molecule has 3 N–H and O–H groups in total. The zero-order valence-corrected chi connectivity index (χ0v) is 10.2. The molecule has 0 amide bonds. The van der Waals surface area contributed by atoms with Crippen molar-refractivity contribution in [3.05, 3.63) is 33.2 Å². The average Bonchev–Trinajstić information content (AvgIpc) is 2.77. The summed E-state index contributed by atoms with van der Waals surface area (Å²) in [7, 11) is 0. The molecular weight excluding hydrogens is 212 g/mol. The maximum absolute atomic E-state index is 11.7. The second-order valence-corrected chi connectivity index (χ2v) is 5.72. The van der Waals surface area contributed by atoms with Crippen LogP contribution in [0.15, 0.2) is 10.9 Å². The van der Waals surface area contributed by atoms with Gasteiger partial charge in [-0.3, -0.25) is 4.79 Å². The predicted octanol–water partition coefficient (Wildman–Crippen LogP) is 1.88. The van der Waals surface area contributed by atoms with Crippen molar-refractivity contribution in [2.75, 3.05) is 0 Å². The van der Waals surface area contributed by atoms with Gasteiger partial charge >= 0.3 is 0 Å². The highest BCUT2D eigenvalue weighted by atomic mass is 16.1. The third-order valence-corrected chi connectivity index (χ3v) is 4.65. The van der Waals surface area contributed by atoms with E-state index in [9.17, 15) is 4.79 Å². The summed E-state index contributed by atoms with van der Waals surface area (Å²) in [5.74, 6) is 0. The minimum Gasteiger partial charge on any atom is -0.326 e. The fourth-order valence-electron chi connectivity index (χ4n) is 3.63. The number of pyridine rings is 1. The molecule has 0 saturated heterocycles. The Morgan fingerprint density at radius 3 is 2.76 bits per heavy atom. The molecule has 1 aromatic rings. The second-order valence-electron chi connectivity index (χ2n) is 5.72. The number of fused-ring (bicyclic) bond motifs is 1. The summed E-state index contributed by atoms with van der Waals surface area (Å²) in [5, 5.41) is 0. The summed E-state index contributed by atoms with van der Waals surface area (Å²) >= 11 is 0. The largest absolute Gasteiger partial charge is 0.326 e. The molecule has 1 heterocycles. The molecule has 92 valence electrons. The van der Waals surface area contributed by atoms with Gasteiger partial charge in [-0.15, -0.1) is 0 Å². The number of nitrogens with one attached hydrogen (secondary N) is 1. The molecule has 17 heavy (non-hydrogen) atoms. The number of aromatic nitrogens is 1. The summed E-state index contributed by atoms with van der Waals surface area (Å²) in [6, 6.07) is 2.05. The van der Waals surface area contributed by atoms with Crippen LogP contribution in [-0.4, -0.2) is 4.98 Å². The van der Waals surface area contributed by atoms with Crippen LogP contribution < -0.4 is 11.3 Å². The van der Waals surface area contributed by atoms with Gasteiger partial charge in [-0.2, -0.15) is 0 Å². The van der Waals surface area contributed by atoms with Crippen LogP contribution in [0.3, 0.4) is 0 Å². The van der Waals surface area contributed by atoms with Crippen LogP contribution >= 0.6 is 0 Å². The van der Waals surface area contributed by atoms with E-state index in [2.05, 4.69) is 4.98 Å². The number of aryl methyl sites for hydroxylation is 1. The lowest BCUT2D eigenvalue weighted by Gasteiger charge is -2.34. The van der Waals surface area contributed by atoms with Crippen molar-refractivity contribution in [1.82, 2.24) is 4.98 Å². The molecule has 0 bridgehead atoms. The van der Waals surface area contributed by atoms with Gasteiger partial charge in [0.05, 0.1) is 0 Å². The van der Waals surface area contributed by atoms with Gasteiger partial charge in [-0.1, -0.05) is 12.8 Å². The third-order valence-electron chi connectivity index (χ3n) is 4.65. The summed E-state index contributed by atoms with van der Waals surface area (Å²) in [6.07, 6.45) is 8.91. The molecule has 2 aliphatic rings. The lowest BCUT2D eigenvalue weighted by Crippen LogP contribution is -2.29. The summed E-state index contributed by atoms with van der Waals surface area (Å²) in [4.78, 5) is 14.7. The minimum atomic E-state index is 0.00798. The van der Waals surface area contributed by atoms with E-state index in [-0.39, 0.29) is 5.56 Å². The number of aromatic amines is 1. The van der Waals surface area contributed by atoms with Crippen LogP contribution in [0, 0.1) is 5.41 Å². The molecule has 0 atom stereocenters. The topological polar surface area (TPSA) is 58.9 Å². The fraction of sp³-hybridized carbons (Fsp3) is 0.643. The summed E-state index contributed by atoms with van der Waals surface area (Å²) in [5.41, 5.74) is 9.39. The summed E-state index contributed by atoms with van der Waals surface area (Å²) in [6.45, 7) is 0.343. The standard InChI is InChI=1S/C14H20N2O/c15-9-11-7-10-8-14(4-1-2-5-14)6-3-12(10)16-13(11)17/h7H,1-6,8-9,15H2,(H,16,17). The third kappa shape index (κ3) is 1.82. The zero-order valence-electron chi connectivity index (χ0n) is 10.2. The van der Waals surface area contributed by atoms with E-state index in [4.69, 9.17) is 5.73 Å². The highest BCUT2D eigenvalue weighted by molar-refractivity contribution is 5.29. The first kappa shape index (κ1) is 11.0. The van der Waals surface area contributed by atoms with Gasteiger partial charge in [-0.25, -0.2) is 0 Å². The van der Waals surface area contributed by atoms with Gasteiger partial charge in [0.25, 0.3) is 5.56 Å². The van der Waals surface area contributed by atoms with Crippen LogP contribution in [0.25, 0.3) is 0 Å². The first-order valence-corrected chi connectivity index (χ1v) is 6.66. The Morgan fingerprint density at radius 1 is 1.29 bits per heavy atom. The lowest BCUT2D eigenvalue weighted by molar-refractivity contribution is 0.252. The van der Waals surface area contributed by atoms with Crippen LogP contribution in [0.5, 0.6) is 0 Å². The quantitative estimate of drug-likeness (QED) is 0.776. The molecule has 2 aliphatic carbocycles. The first-order chi connectivity index (χ1) is 8.22. The van der Waals surface area contributed by atoms with Crippen molar-refractivity contribution in [1.29, 1.82) is 0 Å². The first-order valence-electron chi connectivity index (χ1n) is 6.66. The lowest BCUT2D eigenvalue weighted by atomic mass is 9.71. The van der Waals surface area contributed by atoms with Crippen molar-refractivity contribution in [2.45, 2.75) is 51.5 Å². The molecule has 1 spiro atoms. The SMILES string of the molecule is NCc1cc2c([nH]c1=O)CCC1(CCCC1)C2. The van der Waals surface area contributed by atoms with Gasteiger partial charge in [0.1, 0.15) is 0 Å². The Labute approximate surface area is 101 Å². The highest BCUT2D eigenvalue weighted by Gasteiger charge is 2.37. The van der Waals surface area contributed by atoms with E-state index in [0.29, 0.717) is 12.0 Å². The normalized spacial score (nSPS) is 21.7. The molecule has 0 unspecified atom stereocenters. The van der Waals surface area contributed by atoms with Gasteiger partial charge in [-0.05, 0) is 49.1 Å². The molecule has 0 aliphatic heterocycles. The van der Waals surface area contributed by atoms with Crippen LogP contribution in [-0.2, 0) is 19.4 Å². The monoisotopic (exact) mass is 232 g/mol. The number of hydrogen-bond acceptors (Lipinski definition) is 2. The summed E-state index contributed by atoms with van der Waals surface area (Å²) < 4.78 is 0. The molecule has 0 aromatic carbocycles. The molecule has 0 radical (unpaired) electrons. The van der Waals surface area contributed by atoms with E-state index in [1.54, 1.807) is 0 Å². The maximum Gasteiger partial charge on any atom is 0.252 e. The fourth-order valence-corrected chi connectivity index (χ4v) is 3.63. The van der Waals surface area contributed by atoms with E-state index < -0.39 is 0 Å². The van der Waals surface area contributed by atoms with Crippen molar-refractivity contribution in [2.24, 2.45) is 11.1 Å². The van der Waals surface area contributed by atoms with E-state index >= 15 is 0 Å². The van der Waals surface area contributed by atoms with Gasteiger partial charge < -0.3 is 10.7 Å². The Hall–Kier alpha value is -1.09. The van der Waals surface area contributed by atoms with Gasteiger partial charge in [0.15, 0.2) is 0 Å². The van der Waals surface area contributed by atoms with Gasteiger partial charge in [0.2, 0.25) is 0 Å². The second kappa shape index (κ2) is 3.98. The highest BCUT2D eigenvalue weighted by Crippen LogP contribution is 2.47. The van der Waals surface area contributed by atoms with Crippen molar-refractivity contribution >= 4 is 0 Å². The Bertz CT molecular complexity index is 483. The molecule has 1 saturated carbocycles. The van der Waals surface area contributed by atoms with Crippen molar-refractivity contribution in [3.63, 3.8) is 0 Å². The van der Waals surface area contributed by atoms with E-state index in [0.717, 1.165) is 24.1 Å². The molecule has 3 rings (SSSR count). The van der Waals surface area contributed by atoms with Crippen LogP contribution in [0.1, 0.15) is 48.9 Å². The Balaban J connectivity index is 1.98. The van der Waals surface area contributed by atoms with Crippen LogP contribution in [0.4, 0.5) is 0 Å². The molecule has 1 fully saturated rings. The molecule has 3 nitrogen and oxygen atoms in total.